The van der Waals surface area contributed by atoms with Crippen molar-refractivity contribution in [2.75, 3.05) is 79.3 Å². The zero-order valence-electron chi connectivity index (χ0n) is 35.3. The van der Waals surface area contributed by atoms with Crippen LogP contribution in [0.4, 0.5) is 0 Å². The van der Waals surface area contributed by atoms with Gasteiger partial charge in [-0.3, -0.25) is 27.1 Å². The second-order valence-electron chi connectivity index (χ2n) is 12.8. The van der Waals surface area contributed by atoms with Gasteiger partial charge in [-0.05, 0) is 40.0 Å². The highest BCUT2D eigenvalue weighted by molar-refractivity contribution is 7.53. The molecule has 0 fully saturated rings. The number of ether oxygens (including phenoxy) is 3. The van der Waals surface area contributed by atoms with E-state index in [4.69, 9.17) is 52.1 Å². The predicted molar refractivity (Wildman–Crippen MR) is 217 cm³/mol. The molecular formula is C36H78AlO15P3. The highest BCUT2D eigenvalue weighted by Crippen LogP contribution is 2.59. The summed E-state index contributed by atoms with van der Waals surface area (Å²) in [5.74, 6) is 0. The zero-order valence-corrected chi connectivity index (χ0v) is 39.1. The molecule has 0 aromatic carbocycles. The Hall–Kier alpha value is 0.742. The third-order valence-electron chi connectivity index (χ3n) is 7.93. The molecule has 0 aliphatic rings. The van der Waals surface area contributed by atoms with Gasteiger partial charge in [-0.2, -0.15) is 0 Å². The van der Waals surface area contributed by atoms with Crippen LogP contribution >= 0.6 is 23.5 Å². The van der Waals surface area contributed by atoms with Crippen molar-refractivity contribution in [3.05, 3.63) is 0 Å². The number of phosphoric acid groups is 3. The Kier molecular flexibility index (Phi) is 39.4. The van der Waals surface area contributed by atoms with E-state index in [-0.39, 0.29) is 59.5 Å². The topological polar surface area (TPSA) is 162 Å². The lowest BCUT2D eigenvalue weighted by atomic mass is 10.1. The third kappa shape index (κ3) is 34.2. The van der Waals surface area contributed by atoms with Gasteiger partial charge >= 0.3 is 38.6 Å². The lowest BCUT2D eigenvalue weighted by Gasteiger charge is -2.26. The molecule has 0 heterocycles. The minimum absolute atomic E-state index is 0.0350. The van der Waals surface area contributed by atoms with E-state index in [9.17, 15) is 13.7 Å². The molecule has 0 saturated carbocycles. The van der Waals surface area contributed by atoms with Gasteiger partial charge in [0.1, 0.15) is 0 Å². The van der Waals surface area contributed by atoms with Gasteiger partial charge in [0.05, 0.1) is 59.5 Å². The molecular weight excluding hydrogens is 792 g/mol. The van der Waals surface area contributed by atoms with Crippen LogP contribution in [0.3, 0.4) is 0 Å². The van der Waals surface area contributed by atoms with Gasteiger partial charge in [0.25, 0.3) is 0 Å². The molecule has 0 spiro atoms. The molecule has 3 atom stereocenters. The van der Waals surface area contributed by atoms with Crippen LogP contribution in [0.15, 0.2) is 0 Å². The van der Waals surface area contributed by atoms with Crippen LogP contribution in [0.25, 0.3) is 0 Å². The standard InChI is InChI=1S/3C12H27O5P.Al/c3*1-3-5-6-7-8-9-10-16-18(13,14)17-12-11-15-4-2;/h3*3-12H2,1-2H3,(H,13,14);/q;;;+3/p-3. The molecule has 330 valence electrons. The number of phosphoric ester groups is 3. The Morgan fingerprint density at radius 1 is 0.309 bits per heavy atom. The van der Waals surface area contributed by atoms with E-state index >= 15 is 0 Å². The average molecular weight is 871 g/mol. The highest BCUT2D eigenvalue weighted by Gasteiger charge is 2.53. The number of hydrogen-bond donors (Lipinski definition) is 0. The van der Waals surface area contributed by atoms with Crippen molar-refractivity contribution in [3.8, 4) is 0 Å². The fourth-order valence-corrected chi connectivity index (χ4v) is 12.6. The first-order valence-electron chi connectivity index (χ1n) is 21.1. The van der Waals surface area contributed by atoms with Crippen molar-refractivity contribution in [2.24, 2.45) is 0 Å². The Morgan fingerprint density at radius 2 is 0.545 bits per heavy atom. The summed E-state index contributed by atoms with van der Waals surface area (Å²) in [6.45, 7) is 13.0. The summed E-state index contributed by atoms with van der Waals surface area (Å²) in [6.07, 6.45) is 17.3. The van der Waals surface area contributed by atoms with Gasteiger partial charge in [-0.1, -0.05) is 117 Å². The van der Waals surface area contributed by atoms with Gasteiger partial charge in [0.15, 0.2) is 0 Å². The molecule has 3 unspecified atom stereocenters. The Bertz CT molecular complexity index is 866. The molecule has 0 aliphatic heterocycles. The van der Waals surface area contributed by atoms with Gasteiger partial charge in [-0.25, -0.2) is 13.7 Å². The minimum Gasteiger partial charge on any atom is -0.379 e. The van der Waals surface area contributed by atoms with Gasteiger partial charge < -0.3 is 24.9 Å². The Balaban J connectivity index is 6.40. The van der Waals surface area contributed by atoms with Crippen molar-refractivity contribution >= 4 is 38.6 Å². The van der Waals surface area contributed by atoms with Crippen LogP contribution in [-0.4, -0.2) is 94.4 Å². The van der Waals surface area contributed by atoms with Crippen LogP contribution in [-0.2, 0) is 65.8 Å². The smallest absolute Gasteiger partial charge is 0.379 e. The van der Waals surface area contributed by atoms with E-state index in [1.54, 1.807) is 0 Å². The van der Waals surface area contributed by atoms with Crippen molar-refractivity contribution in [1.82, 2.24) is 0 Å². The summed E-state index contributed by atoms with van der Waals surface area (Å²) in [5, 5.41) is 0. The number of hydrogen-bond acceptors (Lipinski definition) is 15. The van der Waals surface area contributed by atoms with E-state index in [0.717, 1.165) is 96.3 Å². The van der Waals surface area contributed by atoms with Crippen LogP contribution in [0.2, 0.25) is 0 Å². The molecule has 0 bridgehead atoms. The summed E-state index contributed by atoms with van der Waals surface area (Å²) in [6, 6.07) is 0. The normalized spacial score (nSPS) is 15.2. The van der Waals surface area contributed by atoms with E-state index in [1.165, 1.54) is 0 Å². The Labute approximate surface area is 339 Å². The van der Waals surface area contributed by atoms with E-state index in [2.05, 4.69) is 20.8 Å². The van der Waals surface area contributed by atoms with Crippen LogP contribution < -0.4 is 0 Å². The van der Waals surface area contributed by atoms with Crippen molar-refractivity contribution in [1.29, 1.82) is 0 Å². The second-order valence-corrected chi connectivity index (χ2v) is 20.2. The number of unbranched alkanes of at least 4 members (excludes halogenated alkanes) is 15. The van der Waals surface area contributed by atoms with Gasteiger partial charge in [0, 0.05) is 19.8 Å². The van der Waals surface area contributed by atoms with Crippen LogP contribution in [0.1, 0.15) is 157 Å². The maximum Gasteiger partial charge on any atom is 0.931 e. The third-order valence-corrected chi connectivity index (χ3v) is 16.1. The van der Waals surface area contributed by atoms with Crippen LogP contribution in [0.5, 0.6) is 0 Å². The van der Waals surface area contributed by atoms with Gasteiger partial charge in [-0.15, -0.1) is 0 Å². The first-order chi connectivity index (χ1) is 26.6. The summed E-state index contributed by atoms with van der Waals surface area (Å²) in [5.41, 5.74) is 0. The second kappa shape index (κ2) is 38.9. The van der Waals surface area contributed by atoms with E-state index in [1.807, 2.05) is 20.8 Å². The number of rotatable bonds is 45. The fourth-order valence-electron chi connectivity index (χ4n) is 4.90. The molecule has 0 amide bonds. The van der Waals surface area contributed by atoms with E-state index in [0.29, 0.717) is 39.1 Å². The quantitative estimate of drug-likeness (QED) is 0.0322. The van der Waals surface area contributed by atoms with Gasteiger partial charge in [0.2, 0.25) is 0 Å². The monoisotopic (exact) mass is 870 g/mol. The van der Waals surface area contributed by atoms with Crippen molar-refractivity contribution in [2.45, 2.75) is 157 Å². The molecule has 55 heavy (non-hydrogen) atoms. The molecule has 0 N–H and O–H groups in total. The summed E-state index contributed by atoms with van der Waals surface area (Å²) >= 11 is -4.17. The maximum atomic E-state index is 14.2. The molecule has 0 aromatic heterocycles. The molecule has 15 nitrogen and oxygen atoms in total. The fraction of sp³-hybridized carbons (Fsp3) is 1.00. The summed E-state index contributed by atoms with van der Waals surface area (Å²) in [7, 11) is -13.5. The lowest BCUT2D eigenvalue weighted by Crippen LogP contribution is -2.28. The predicted octanol–water partition coefficient (Wildman–Crippen LogP) is 11.6. The largest absolute Gasteiger partial charge is 0.931 e. The minimum atomic E-state index is -4.50. The molecule has 0 saturated heterocycles. The SMILES string of the molecule is CCCCCCCCOP(=O)(OCCOCC)[O][Al]([O]P(=O)(OCCCCCCCC)OCCOCC)[O]P(=O)(OCCCCCCCC)OCCOCC. The van der Waals surface area contributed by atoms with E-state index < -0.39 is 38.6 Å². The maximum absolute atomic E-state index is 14.2. The Morgan fingerprint density at radius 3 is 0.800 bits per heavy atom. The van der Waals surface area contributed by atoms with Crippen LogP contribution in [0, 0.1) is 0 Å². The molecule has 0 aliphatic carbocycles. The zero-order chi connectivity index (χ0) is 40.8. The molecule has 0 rings (SSSR count). The summed E-state index contributed by atoms with van der Waals surface area (Å²) < 4.78 is 111. The first kappa shape index (κ1) is 55.7. The molecule has 0 aromatic rings. The lowest BCUT2D eigenvalue weighted by molar-refractivity contribution is 0.0607. The molecule has 19 heteroatoms. The van der Waals surface area contributed by atoms with Crippen molar-refractivity contribution < 1.29 is 65.8 Å². The highest BCUT2D eigenvalue weighted by atomic mass is 31.2. The first-order valence-corrected chi connectivity index (χ1v) is 26.9. The molecule has 0 radical (unpaired) electrons. The average Bonchev–Trinajstić information content (AvgIpc) is 3.16. The summed E-state index contributed by atoms with van der Waals surface area (Å²) in [4.78, 5) is 0. The van der Waals surface area contributed by atoms with Crippen molar-refractivity contribution in [3.63, 3.8) is 0 Å².